The van der Waals surface area contributed by atoms with Crippen molar-refractivity contribution in [1.82, 2.24) is 14.5 Å². The smallest absolute Gasteiger partial charge is 0.261 e. The first-order valence-electron chi connectivity index (χ1n) is 10.4. The van der Waals surface area contributed by atoms with Gasteiger partial charge in [-0.15, -0.1) is 0 Å². The second-order valence-corrected chi connectivity index (χ2v) is 7.32. The molecule has 6 heteroatoms. The minimum atomic E-state index is -0.312. The Kier molecular flexibility index (Phi) is 6.87. The summed E-state index contributed by atoms with van der Waals surface area (Å²) in [6.07, 6.45) is 1.11. The molecule has 0 aliphatic heterocycles. The van der Waals surface area contributed by atoms with Gasteiger partial charge in [0.05, 0.1) is 30.5 Å². The molecule has 3 aromatic rings. The molecule has 0 saturated heterocycles. The van der Waals surface area contributed by atoms with Crippen molar-refractivity contribution >= 4 is 16.8 Å². The van der Waals surface area contributed by atoms with Crippen molar-refractivity contribution in [2.45, 2.75) is 46.2 Å². The summed E-state index contributed by atoms with van der Waals surface area (Å²) in [5, 5.41) is 0.599. The molecule has 2 aromatic carbocycles. The zero-order chi connectivity index (χ0) is 21.7. The van der Waals surface area contributed by atoms with Gasteiger partial charge in [-0.05, 0) is 50.1 Å². The largest absolute Gasteiger partial charge is 0.497 e. The molecule has 1 heterocycles. The van der Waals surface area contributed by atoms with E-state index < -0.39 is 0 Å². The zero-order valence-corrected chi connectivity index (χ0v) is 18.1. The highest BCUT2D eigenvalue weighted by molar-refractivity contribution is 5.80. The maximum absolute atomic E-state index is 13.2. The summed E-state index contributed by atoms with van der Waals surface area (Å²) in [4.78, 5) is 32.8. The Labute approximate surface area is 177 Å². The summed E-state index contributed by atoms with van der Waals surface area (Å²) in [5.41, 5.74) is 1.52. The highest BCUT2D eigenvalue weighted by Crippen LogP contribution is 2.22. The Morgan fingerprint density at radius 1 is 1.13 bits per heavy atom. The van der Waals surface area contributed by atoms with Crippen molar-refractivity contribution in [1.29, 1.82) is 0 Å². The third-order valence-corrected chi connectivity index (χ3v) is 5.35. The third kappa shape index (κ3) is 4.37. The second kappa shape index (κ2) is 9.57. The fourth-order valence-electron chi connectivity index (χ4n) is 3.74. The average molecular weight is 408 g/mol. The Hall–Kier alpha value is -3.15. The third-order valence-electron chi connectivity index (χ3n) is 5.35. The number of carbonyl (C=O) groups excluding carboxylic acids is 1. The number of aromatic nitrogens is 2. The quantitative estimate of drug-likeness (QED) is 0.567. The van der Waals surface area contributed by atoms with Gasteiger partial charge in [-0.1, -0.05) is 31.2 Å². The number of benzene rings is 2. The molecule has 1 aromatic heterocycles. The van der Waals surface area contributed by atoms with E-state index in [4.69, 9.17) is 9.72 Å². The Bertz CT molecular complexity index is 1070. The maximum Gasteiger partial charge on any atom is 0.261 e. The van der Waals surface area contributed by atoms with Gasteiger partial charge in [-0.3, -0.25) is 14.2 Å². The highest BCUT2D eigenvalue weighted by Gasteiger charge is 2.25. The molecule has 6 nitrogen and oxygen atoms in total. The van der Waals surface area contributed by atoms with E-state index in [2.05, 4.69) is 0 Å². The maximum atomic E-state index is 13.2. The fourth-order valence-corrected chi connectivity index (χ4v) is 3.74. The summed E-state index contributed by atoms with van der Waals surface area (Å²) < 4.78 is 6.87. The summed E-state index contributed by atoms with van der Waals surface area (Å²) in [5.74, 6) is 1.40. The van der Waals surface area contributed by atoms with Crippen LogP contribution in [0.25, 0.3) is 10.9 Å². The van der Waals surface area contributed by atoms with Gasteiger partial charge >= 0.3 is 0 Å². The van der Waals surface area contributed by atoms with Crippen LogP contribution >= 0.6 is 0 Å². The number of carbonyl (C=O) groups is 1. The summed E-state index contributed by atoms with van der Waals surface area (Å²) in [7, 11) is 1.62. The van der Waals surface area contributed by atoms with Gasteiger partial charge < -0.3 is 9.64 Å². The van der Waals surface area contributed by atoms with E-state index >= 15 is 0 Å². The lowest BCUT2D eigenvalue weighted by Crippen LogP contribution is -2.39. The first-order chi connectivity index (χ1) is 14.5. The van der Waals surface area contributed by atoms with Crippen LogP contribution < -0.4 is 10.3 Å². The number of hydrogen-bond donors (Lipinski definition) is 0. The standard InChI is InChI=1S/C24H29N3O3/c1-5-15-27(22(28)16-18-11-13-19(30-4)14-12-18)17(3)23-25-21-10-8-7-9-20(21)24(29)26(23)6-2/h7-14,17H,5-6,15-16H2,1-4H3. The van der Waals surface area contributed by atoms with Gasteiger partial charge in [0.1, 0.15) is 11.6 Å². The first-order valence-corrected chi connectivity index (χ1v) is 10.4. The molecular weight excluding hydrogens is 378 g/mol. The van der Waals surface area contributed by atoms with E-state index in [0.717, 1.165) is 17.7 Å². The van der Waals surface area contributed by atoms with E-state index in [1.54, 1.807) is 17.7 Å². The number of nitrogens with zero attached hydrogens (tertiary/aromatic N) is 3. The van der Waals surface area contributed by atoms with Crippen LogP contribution in [-0.2, 0) is 17.8 Å². The van der Waals surface area contributed by atoms with Crippen LogP contribution in [0, 0.1) is 0 Å². The molecule has 0 aliphatic rings. The molecule has 1 atom stereocenters. The molecule has 0 aliphatic carbocycles. The van der Waals surface area contributed by atoms with Crippen molar-refractivity contribution < 1.29 is 9.53 Å². The van der Waals surface area contributed by atoms with Crippen LogP contribution in [0.4, 0.5) is 0 Å². The van der Waals surface area contributed by atoms with Gasteiger partial charge in [0.15, 0.2) is 0 Å². The second-order valence-electron chi connectivity index (χ2n) is 7.32. The van der Waals surface area contributed by atoms with Crippen molar-refractivity contribution in [3.63, 3.8) is 0 Å². The van der Waals surface area contributed by atoms with Gasteiger partial charge in [-0.25, -0.2) is 4.98 Å². The predicted molar refractivity (Wildman–Crippen MR) is 119 cm³/mol. The number of para-hydroxylation sites is 1. The minimum absolute atomic E-state index is 0.0135. The molecule has 0 radical (unpaired) electrons. The monoisotopic (exact) mass is 407 g/mol. The normalized spacial score (nSPS) is 12.0. The van der Waals surface area contributed by atoms with Crippen LogP contribution in [0.5, 0.6) is 5.75 Å². The lowest BCUT2D eigenvalue weighted by Gasteiger charge is -2.30. The fraction of sp³-hybridized carbons (Fsp3) is 0.375. The Morgan fingerprint density at radius 3 is 2.47 bits per heavy atom. The van der Waals surface area contributed by atoms with Gasteiger partial charge in [0, 0.05) is 13.1 Å². The molecule has 0 spiro atoms. The molecule has 1 unspecified atom stereocenters. The number of fused-ring (bicyclic) bond motifs is 1. The van der Waals surface area contributed by atoms with Crippen molar-refractivity contribution in [3.05, 3.63) is 70.3 Å². The number of methoxy groups -OCH3 is 1. The first kappa shape index (κ1) is 21.6. The molecule has 0 fully saturated rings. The Balaban J connectivity index is 1.95. The molecule has 0 bridgehead atoms. The molecule has 30 heavy (non-hydrogen) atoms. The molecule has 0 saturated carbocycles. The number of hydrogen-bond acceptors (Lipinski definition) is 4. The molecule has 0 N–H and O–H groups in total. The zero-order valence-electron chi connectivity index (χ0n) is 18.1. The number of ether oxygens (including phenoxy) is 1. The van der Waals surface area contributed by atoms with Crippen molar-refractivity contribution in [2.24, 2.45) is 0 Å². The van der Waals surface area contributed by atoms with Crippen LogP contribution in [0.15, 0.2) is 53.3 Å². The lowest BCUT2D eigenvalue weighted by atomic mass is 10.1. The summed E-state index contributed by atoms with van der Waals surface area (Å²) >= 11 is 0. The van der Waals surface area contributed by atoms with Crippen LogP contribution in [-0.4, -0.2) is 34.0 Å². The topological polar surface area (TPSA) is 64.4 Å². The summed E-state index contributed by atoms with van der Waals surface area (Å²) in [6.45, 7) is 7.02. The number of amides is 1. The highest BCUT2D eigenvalue weighted by atomic mass is 16.5. The van der Waals surface area contributed by atoms with Gasteiger partial charge in [0.25, 0.3) is 5.56 Å². The van der Waals surface area contributed by atoms with E-state index in [9.17, 15) is 9.59 Å². The van der Waals surface area contributed by atoms with E-state index in [1.807, 2.05) is 68.1 Å². The van der Waals surface area contributed by atoms with Gasteiger partial charge in [-0.2, -0.15) is 0 Å². The molecular formula is C24H29N3O3. The Morgan fingerprint density at radius 2 is 1.83 bits per heavy atom. The SMILES string of the molecule is CCCN(C(=O)Cc1ccc(OC)cc1)C(C)c1nc2ccccc2c(=O)n1CC. The van der Waals surface area contributed by atoms with Crippen LogP contribution in [0.1, 0.15) is 44.6 Å². The lowest BCUT2D eigenvalue weighted by molar-refractivity contribution is -0.132. The predicted octanol–water partition coefficient (Wildman–Crippen LogP) is 3.97. The average Bonchev–Trinajstić information content (AvgIpc) is 2.77. The summed E-state index contributed by atoms with van der Waals surface area (Å²) in [6, 6.07) is 14.6. The van der Waals surface area contributed by atoms with Crippen LogP contribution in [0.2, 0.25) is 0 Å². The minimum Gasteiger partial charge on any atom is -0.497 e. The van der Waals surface area contributed by atoms with E-state index in [0.29, 0.717) is 29.8 Å². The number of rotatable bonds is 8. The van der Waals surface area contributed by atoms with Gasteiger partial charge in [0.2, 0.25) is 5.91 Å². The molecule has 158 valence electrons. The van der Waals surface area contributed by atoms with Crippen LogP contribution in [0.3, 0.4) is 0 Å². The van der Waals surface area contributed by atoms with Crippen molar-refractivity contribution in [2.75, 3.05) is 13.7 Å². The van der Waals surface area contributed by atoms with E-state index in [1.165, 1.54) is 0 Å². The van der Waals surface area contributed by atoms with Crippen molar-refractivity contribution in [3.8, 4) is 5.75 Å². The molecule has 3 rings (SSSR count). The van der Waals surface area contributed by atoms with E-state index in [-0.39, 0.29) is 23.9 Å². The molecule has 1 amide bonds.